The van der Waals surface area contributed by atoms with Crippen molar-refractivity contribution in [3.8, 4) is 0 Å². The van der Waals surface area contributed by atoms with Crippen molar-refractivity contribution < 1.29 is 9.59 Å². The molecule has 0 saturated carbocycles. The second-order valence-electron chi connectivity index (χ2n) is 6.84. The van der Waals surface area contributed by atoms with E-state index in [4.69, 9.17) is 0 Å². The Kier molecular flexibility index (Phi) is 5.58. The molecule has 0 aliphatic carbocycles. The van der Waals surface area contributed by atoms with E-state index in [1.807, 2.05) is 91.9 Å². The molecule has 1 heterocycles. The molecule has 29 heavy (non-hydrogen) atoms. The number of aliphatic imine (C=N–C) groups is 1. The molecule has 1 amide bonds. The number of anilines is 1. The minimum absolute atomic E-state index is 0.0372. The summed E-state index contributed by atoms with van der Waals surface area (Å²) in [6.07, 6.45) is 0.143. The van der Waals surface area contributed by atoms with Gasteiger partial charge in [0.1, 0.15) is 0 Å². The molecule has 0 bridgehead atoms. The highest BCUT2D eigenvalue weighted by Crippen LogP contribution is 2.35. The molecular weight excluding hydrogens is 380 g/mol. The van der Waals surface area contributed by atoms with Crippen LogP contribution in [0.25, 0.3) is 0 Å². The number of carbonyl (C=O) groups excluding carboxylic acids is 2. The summed E-state index contributed by atoms with van der Waals surface area (Å²) in [4.78, 5) is 32.2. The molecule has 5 heteroatoms. The van der Waals surface area contributed by atoms with Gasteiger partial charge in [0.2, 0.25) is 5.91 Å². The maximum atomic E-state index is 13.2. The van der Waals surface area contributed by atoms with E-state index in [-0.39, 0.29) is 18.1 Å². The zero-order valence-electron chi connectivity index (χ0n) is 16.0. The maximum Gasteiger partial charge on any atom is 0.247 e. The first-order valence-electron chi connectivity index (χ1n) is 9.41. The minimum atomic E-state index is -0.494. The van der Waals surface area contributed by atoms with Crippen molar-refractivity contribution in [3.05, 3.63) is 96.1 Å². The van der Waals surface area contributed by atoms with E-state index in [1.165, 1.54) is 11.8 Å². The number of aryl methyl sites for hydroxylation is 1. The fraction of sp³-hybridized carbons (Fsp3) is 0.125. The van der Waals surface area contributed by atoms with Gasteiger partial charge < -0.3 is 0 Å². The lowest BCUT2D eigenvalue weighted by atomic mass is 10.0. The lowest BCUT2D eigenvalue weighted by Gasteiger charge is -2.16. The number of nitrogens with zero attached hydrogens (tertiary/aromatic N) is 2. The summed E-state index contributed by atoms with van der Waals surface area (Å²) in [5.41, 5.74) is 3.25. The summed E-state index contributed by atoms with van der Waals surface area (Å²) in [5, 5.41) is 0.0978. The lowest BCUT2D eigenvalue weighted by molar-refractivity contribution is -0.116. The molecular formula is C24H20N2O2S. The average Bonchev–Trinajstić information content (AvgIpc) is 3.04. The summed E-state index contributed by atoms with van der Waals surface area (Å²) in [7, 11) is 0. The van der Waals surface area contributed by atoms with E-state index in [2.05, 4.69) is 4.99 Å². The largest absolute Gasteiger partial charge is 0.294 e. The van der Waals surface area contributed by atoms with E-state index >= 15 is 0 Å². The zero-order chi connectivity index (χ0) is 20.2. The number of para-hydroxylation sites is 2. The van der Waals surface area contributed by atoms with Gasteiger partial charge in [-0.15, -0.1) is 0 Å². The third-order valence-electron chi connectivity index (χ3n) is 4.67. The van der Waals surface area contributed by atoms with Crippen molar-refractivity contribution in [2.24, 2.45) is 4.99 Å². The Bertz CT molecular complexity index is 1050. The first-order chi connectivity index (χ1) is 14.1. The molecule has 0 radical (unpaired) electrons. The molecule has 0 N–H and O–H groups in total. The molecule has 1 fully saturated rings. The van der Waals surface area contributed by atoms with Crippen molar-refractivity contribution in [3.63, 3.8) is 0 Å². The van der Waals surface area contributed by atoms with Crippen molar-refractivity contribution >= 4 is 40.0 Å². The maximum absolute atomic E-state index is 13.2. The van der Waals surface area contributed by atoms with Gasteiger partial charge in [0.15, 0.2) is 11.0 Å². The van der Waals surface area contributed by atoms with Gasteiger partial charge in [-0.2, -0.15) is 0 Å². The number of thioether (sulfide) groups is 1. The number of amidine groups is 1. The lowest BCUT2D eigenvalue weighted by Crippen LogP contribution is -2.32. The highest BCUT2D eigenvalue weighted by Gasteiger charge is 2.40. The molecule has 1 saturated heterocycles. The fourth-order valence-corrected chi connectivity index (χ4v) is 4.28. The van der Waals surface area contributed by atoms with Crippen LogP contribution in [0.1, 0.15) is 22.3 Å². The topological polar surface area (TPSA) is 49.7 Å². The Balaban J connectivity index is 1.63. The minimum Gasteiger partial charge on any atom is -0.294 e. The van der Waals surface area contributed by atoms with Gasteiger partial charge in [0, 0.05) is 12.0 Å². The highest BCUT2D eigenvalue weighted by atomic mass is 32.2. The van der Waals surface area contributed by atoms with Crippen LogP contribution < -0.4 is 4.90 Å². The monoisotopic (exact) mass is 400 g/mol. The van der Waals surface area contributed by atoms with E-state index < -0.39 is 5.25 Å². The second-order valence-corrected chi connectivity index (χ2v) is 8.01. The van der Waals surface area contributed by atoms with Crippen LogP contribution in [0, 0.1) is 6.92 Å². The second kappa shape index (κ2) is 8.45. The van der Waals surface area contributed by atoms with E-state index in [0.29, 0.717) is 10.7 Å². The molecule has 144 valence electrons. The van der Waals surface area contributed by atoms with Gasteiger partial charge in [-0.3, -0.25) is 14.5 Å². The predicted octanol–water partition coefficient (Wildman–Crippen LogP) is 5.40. The third kappa shape index (κ3) is 4.30. The fourth-order valence-electron chi connectivity index (χ4n) is 3.13. The van der Waals surface area contributed by atoms with Crippen LogP contribution in [0.15, 0.2) is 89.9 Å². The molecule has 4 nitrogen and oxygen atoms in total. The molecule has 1 unspecified atom stereocenters. The predicted molar refractivity (Wildman–Crippen MR) is 119 cm³/mol. The Morgan fingerprint density at radius 2 is 1.55 bits per heavy atom. The summed E-state index contributed by atoms with van der Waals surface area (Å²) < 4.78 is 0. The number of hydrogen-bond donors (Lipinski definition) is 0. The number of carbonyl (C=O) groups is 2. The van der Waals surface area contributed by atoms with Crippen LogP contribution in [0.5, 0.6) is 0 Å². The van der Waals surface area contributed by atoms with Crippen LogP contribution in [0.3, 0.4) is 0 Å². The van der Waals surface area contributed by atoms with Crippen LogP contribution in [0.2, 0.25) is 0 Å². The van der Waals surface area contributed by atoms with Crippen LogP contribution in [-0.4, -0.2) is 22.1 Å². The van der Waals surface area contributed by atoms with Crippen molar-refractivity contribution in [1.82, 2.24) is 0 Å². The van der Waals surface area contributed by atoms with Crippen molar-refractivity contribution in [2.45, 2.75) is 18.6 Å². The van der Waals surface area contributed by atoms with Crippen LogP contribution >= 0.6 is 11.8 Å². The third-order valence-corrected chi connectivity index (χ3v) is 5.81. The summed E-state index contributed by atoms with van der Waals surface area (Å²) in [5.74, 6) is -0.152. The standard InChI is InChI=1S/C24H20N2O2S/c1-17-12-14-18(15-13-17)21(27)16-22-23(28)26(20-10-6-3-7-11-20)24(29-22)25-19-8-4-2-5-9-19/h2-15,22H,16H2,1H3. The first kappa shape index (κ1) is 19.2. The van der Waals surface area contributed by atoms with Crippen LogP contribution in [0.4, 0.5) is 11.4 Å². The molecule has 3 aromatic carbocycles. The van der Waals surface area contributed by atoms with Gasteiger partial charge in [0.25, 0.3) is 0 Å². The SMILES string of the molecule is Cc1ccc(C(=O)CC2SC(=Nc3ccccc3)N(c3ccccc3)C2=O)cc1. The summed E-state index contributed by atoms with van der Waals surface area (Å²) in [6, 6.07) is 26.4. The van der Waals surface area contributed by atoms with Gasteiger partial charge in [-0.05, 0) is 31.2 Å². The Morgan fingerprint density at radius 3 is 2.21 bits per heavy atom. The van der Waals surface area contributed by atoms with E-state index in [0.717, 1.165) is 16.9 Å². The molecule has 0 spiro atoms. The smallest absolute Gasteiger partial charge is 0.247 e. The molecule has 0 aromatic heterocycles. The molecule has 3 aromatic rings. The van der Waals surface area contributed by atoms with Crippen LogP contribution in [-0.2, 0) is 4.79 Å². The Hall–Kier alpha value is -3.18. The molecule has 1 aliphatic heterocycles. The van der Waals surface area contributed by atoms with Gasteiger partial charge in [-0.25, -0.2) is 4.99 Å². The number of ketones is 1. The van der Waals surface area contributed by atoms with Gasteiger partial charge in [-0.1, -0.05) is 78.0 Å². The summed E-state index contributed by atoms with van der Waals surface area (Å²) >= 11 is 1.35. The van der Waals surface area contributed by atoms with E-state index in [1.54, 1.807) is 4.90 Å². The Labute approximate surface area is 174 Å². The Morgan fingerprint density at radius 1 is 0.931 bits per heavy atom. The van der Waals surface area contributed by atoms with E-state index in [9.17, 15) is 9.59 Å². The number of rotatable bonds is 5. The number of benzene rings is 3. The van der Waals surface area contributed by atoms with Crippen molar-refractivity contribution in [2.75, 3.05) is 4.90 Å². The summed E-state index contributed by atoms with van der Waals surface area (Å²) in [6.45, 7) is 1.98. The average molecular weight is 401 g/mol. The van der Waals surface area contributed by atoms with Crippen molar-refractivity contribution in [1.29, 1.82) is 0 Å². The quantitative estimate of drug-likeness (QED) is 0.539. The normalized spacial score (nSPS) is 17.7. The van der Waals surface area contributed by atoms with Gasteiger partial charge in [0.05, 0.1) is 16.6 Å². The molecule has 4 rings (SSSR count). The molecule has 1 atom stereocenters. The highest BCUT2D eigenvalue weighted by molar-refractivity contribution is 8.16. The molecule has 1 aliphatic rings. The number of Topliss-reactive ketones (excluding diaryl/α,β-unsaturated/α-hetero) is 1. The first-order valence-corrected chi connectivity index (χ1v) is 10.3. The van der Waals surface area contributed by atoms with Gasteiger partial charge >= 0.3 is 0 Å². The zero-order valence-corrected chi connectivity index (χ0v) is 16.8. The number of amides is 1. The number of hydrogen-bond acceptors (Lipinski definition) is 4.